The van der Waals surface area contributed by atoms with Gasteiger partial charge in [0.05, 0.1) is 24.9 Å². The maximum absolute atomic E-state index is 12.2. The van der Waals surface area contributed by atoms with Gasteiger partial charge < -0.3 is 36.1 Å². The minimum absolute atomic E-state index is 0.129. The van der Waals surface area contributed by atoms with Crippen LogP contribution in [-0.2, 0) is 23.9 Å². The van der Waals surface area contributed by atoms with Gasteiger partial charge >= 0.3 is 0 Å². The number of carbonyl (C=O) groups excluding carboxylic acids is 4. The Hall–Kier alpha value is -2.96. The van der Waals surface area contributed by atoms with Crippen molar-refractivity contribution in [1.29, 1.82) is 0 Å². The second kappa shape index (κ2) is 24.4. The molecule has 0 aliphatic carbocycles. The Morgan fingerprint density at radius 1 is 1.26 bits per heavy atom. The first-order chi connectivity index (χ1) is 18.1. The Labute approximate surface area is 227 Å². The Morgan fingerprint density at radius 2 is 1.92 bits per heavy atom. The zero-order chi connectivity index (χ0) is 29.3. The van der Waals surface area contributed by atoms with Gasteiger partial charge in [0.1, 0.15) is 6.04 Å². The van der Waals surface area contributed by atoms with Gasteiger partial charge in [-0.05, 0) is 45.4 Å². The first-order valence-corrected chi connectivity index (χ1v) is 13.1. The molecule has 0 aromatic carbocycles. The molecule has 1 fully saturated rings. The van der Waals surface area contributed by atoms with Gasteiger partial charge in [-0.25, -0.2) is 5.84 Å². The van der Waals surface area contributed by atoms with Crippen LogP contribution in [0.25, 0.3) is 0 Å². The number of rotatable bonds is 16. The summed E-state index contributed by atoms with van der Waals surface area (Å²) in [5, 5.41) is 15.1. The van der Waals surface area contributed by atoms with Crippen LogP contribution >= 0.6 is 0 Å². The summed E-state index contributed by atoms with van der Waals surface area (Å²) in [5.74, 6) is 4.81. The van der Waals surface area contributed by atoms with E-state index in [4.69, 9.17) is 21.4 Å². The summed E-state index contributed by atoms with van der Waals surface area (Å²) in [6.45, 7) is 10.9. The number of hydrogen-bond acceptors (Lipinski definition) is 9. The fourth-order valence-corrected chi connectivity index (χ4v) is 3.37. The van der Waals surface area contributed by atoms with Gasteiger partial charge in [-0.1, -0.05) is 26.3 Å². The lowest BCUT2D eigenvalue weighted by Gasteiger charge is -2.25. The number of ether oxygens (including phenoxy) is 1. The molecule has 0 radical (unpaired) electrons. The maximum atomic E-state index is 12.2. The highest BCUT2D eigenvalue weighted by Crippen LogP contribution is 2.17. The predicted octanol–water partition coefficient (Wildman–Crippen LogP) is 0.561. The molecule has 12 nitrogen and oxygen atoms in total. The van der Waals surface area contributed by atoms with E-state index in [1.165, 1.54) is 23.3 Å². The third-order valence-electron chi connectivity index (χ3n) is 5.20. The van der Waals surface area contributed by atoms with Gasteiger partial charge in [-0.3, -0.25) is 19.2 Å². The number of aliphatic hydroxyl groups is 1. The van der Waals surface area contributed by atoms with Crippen molar-refractivity contribution in [3.63, 3.8) is 0 Å². The number of Topliss-reactive ketones (excluding diaryl/α,β-unsaturated/α-hetero) is 1. The average molecular weight is 543 g/mol. The molecular formula is C26H50N6O6. The lowest BCUT2D eigenvalue weighted by Crippen LogP contribution is -2.51. The number of nitrogens with two attached hydrogens (primary N) is 2. The first kappa shape index (κ1) is 37.2. The van der Waals surface area contributed by atoms with Crippen LogP contribution in [0.2, 0.25) is 0 Å². The normalized spacial score (nSPS) is 15.2. The standard InChI is InChI=1S/C14H21N3O4.C9H21N3O2.C3H8/c1-3-5-11(10(2)19)16-14(21)12-6-4-7-17(12)13(20)8-15-9-18;1-14-6-4-2-3-5-12(11)7-9(10)8-13;1-3-2/h3,9,11-12H,1,4-8H2,2H3,(H,15,18)(H,16,21);7,13H,2-6,8,10-11H2,1H3;3H2,1-2H3/b;9-7-;. The van der Waals surface area contributed by atoms with E-state index in [1.54, 1.807) is 19.4 Å². The number of amides is 3. The molecule has 7 N–H and O–H groups in total. The molecule has 0 spiro atoms. The molecule has 1 aliphatic rings. The summed E-state index contributed by atoms with van der Waals surface area (Å²) in [4.78, 5) is 47.3. The molecule has 0 aromatic heterocycles. The van der Waals surface area contributed by atoms with Gasteiger partial charge in [0.2, 0.25) is 18.2 Å². The third-order valence-corrected chi connectivity index (χ3v) is 5.20. The Morgan fingerprint density at radius 3 is 2.45 bits per heavy atom. The van der Waals surface area contributed by atoms with Crippen LogP contribution in [0.1, 0.15) is 65.7 Å². The lowest BCUT2D eigenvalue weighted by atomic mass is 10.1. The van der Waals surface area contributed by atoms with Gasteiger partial charge in [0.15, 0.2) is 5.78 Å². The van der Waals surface area contributed by atoms with Crippen LogP contribution in [0.4, 0.5) is 0 Å². The van der Waals surface area contributed by atoms with E-state index >= 15 is 0 Å². The summed E-state index contributed by atoms with van der Waals surface area (Å²) in [7, 11) is 1.69. The van der Waals surface area contributed by atoms with Gasteiger partial charge in [-0.2, -0.15) is 0 Å². The van der Waals surface area contributed by atoms with Crippen molar-refractivity contribution in [3.8, 4) is 0 Å². The van der Waals surface area contributed by atoms with Crippen molar-refractivity contribution >= 4 is 24.0 Å². The molecule has 0 saturated carbocycles. The fourth-order valence-electron chi connectivity index (χ4n) is 3.37. The molecule has 0 bridgehead atoms. The molecule has 1 heterocycles. The molecule has 2 unspecified atom stereocenters. The van der Waals surface area contributed by atoms with E-state index < -0.39 is 12.1 Å². The van der Waals surface area contributed by atoms with E-state index in [9.17, 15) is 19.2 Å². The summed E-state index contributed by atoms with van der Waals surface area (Å²) in [5.41, 5.74) is 5.77. The zero-order valence-electron chi connectivity index (χ0n) is 23.6. The fraction of sp³-hybridized carbons (Fsp3) is 0.692. The average Bonchev–Trinajstić information content (AvgIpc) is 3.38. The van der Waals surface area contributed by atoms with Gasteiger partial charge in [0, 0.05) is 33.0 Å². The maximum Gasteiger partial charge on any atom is 0.243 e. The number of ketones is 1. The van der Waals surface area contributed by atoms with Gasteiger partial charge in [0.25, 0.3) is 0 Å². The van der Waals surface area contributed by atoms with Crippen molar-refractivity contribution in [3.05, 3.63) is 24.6 Å². The zero-order valence-corrected chi connectivity index (χ0v) is 23.6. The second-order valence-corrected chi connectivity index (χ2v) is 8.80. The number of carbonyl (C=O) groups is 4. The third kappa shape index (κ3) is 18.3. The smallest absolute Gasteiger partial charge is 0.243 e. The van der Waals surface area contributed by atoms with Crippen LogP contribution in [0.5, 0.6) is 0 Å². The minimum atomic E-state index is -0.611. The SMILES string of the molecule is C=CCC(NC(=O)C1CCCN1C(=O)CNC=O)C(C)=O.CCC.COCCCCCN(N)/C=C(\N)CO. The van der Waals surface area contributed by atoms with Crippen LogP contribution in [0.3, 0.4) is 0 Å². The number of hydrogen-bond donors (Lipinski definition) is 5. The van der Waals surface area contributed by atoms with E-state index in [0.29, 0.717) is 31.5 Å². The molecule has 1 rings (SSSR count). The van der Waals surface area contributed by atoms with Crippen molar-refractivity contribution < 1.29 is 29.0 Å². The largest absolute Gasteiger partial charge is 0.399 e. The predicted molar refractivity (Wildman–Crippen MR) is 148 cm³/mol. The Bertz CT molecular complexity index is 718. The topological polar surface area (TPSA) is 180 Å². The summed E-state index contributed by atoms with van der Waals surface area (Å²) in [6.07, 6.45) is 9.56. The molecule has 12 heteroatoms. The number of likely N-dealkylation sites (tertiary alicyclic amines) is 1. The monoisotopic (exact) mass is 542 g/mol. The van der Waals surface area contributed by atoms with E-state index in [-0.39, 0.29) is 30.7 Å². The second-order valence-electron chi connectivity index (χ2n) is 8.80. The highest BCUT2D eigenvalue weighted by atomic mass is 16.5. The number of nitrogens with zero attached hydrogens (tertiary/aromatic N) is 2. The molecule has 0 aromatic rings. The summed E-state index contributed by atoms with van der Waals surface area (Å²) in [6, 6.07) is -1.20. The molecular weight excluding hydrogens is 492 g/mol. The van der Waals surface area contributed by atoms with Crippen LogP contribution < -0.4 is 22.2 Å². The number of hydrazine groups is 1. The van der Waals surface area contributed by atoms with E-state index in [0.717, 1.165) is 38.8 Å². The summed E-state index contributed by atoms with van der Waals surface area (Å²) >= 11 is 0. The highest BCUT2D eigenvalue weighted by molar-refractivity contribution is 5.93. The Balaban J connectivity index is 0. The van der Waals surface area contributed by atoms with Crippen LogP contribution in [-0.4, -0.2) is 91.1 Å². The van der Waals surface area contributed by atoms with Gasteiger partial charge in [-0.15, -0.1) is 6.58 Å². The quantitative estimate of drug-likeness (QED) is 0.0612. The highest BCUT2D eigenvalue weighted by Gasteiger charge is 2.34. The lowest BCUT2D eigenvalue weighted by molar-refractivity contribution is -0.139. The molecule has 1 aliphatic heterocycles. The molecule has 220 valence electrons. The van der Waals surface area contributed by atoms with Crippen molar-refractivity contribution in [2.45, 2.75) is 77.8 Å². The van der Waals surface area contributed by atoms with Crippen LogP contribution in [0, 0.1) is 0 Å². The number of unbranched alkanes of at least 4 members (excludes halogenated alkanes) is 2. The summed E-state index contributed by atoms with van der Waals surface area (Å²) < 4.78 is 4.92. The minimum Gasteiger partial charge on any atom is -0.399 e. The van der Waals surface area contributed by atoms with Crippen molar-refractivity contribution in [2.75, 3.05) is 40.0 Å². The van der Waals surface area contributed by atoms with Crippen LogP contribution in [0.15, 0.2) is 24.6 Å². The van der Waals surface area contributed by atoms with Crippen molar-refractivity contribution in [2.24, 2.45) is 11.6 Å². The number of nitrogens with one attached hydrogen (secondary N) is 2. The number of methoxy groups -OCH3 is 1. The molecule has 3 amide bonds. The Kier molecular flexibility index (Phi) is 23.9. The molecule has 38 heavy (non-hydrogen) atoms. The molecule has 1 saturated heterocycles. The van der Waals surface area contributed by atoms with Crippen molar-refractivity contribution in [1.82, 2.24) is 20.5 Å². The number of aliphatic hydroxyl groups excluding tert-OH is 1. The molecule has 2 atom stereocenters. The van der Waals surface area contributed by atoms with E-state index in [2.05, 4.69) is 31.1 Å². The van der Waals surface area contributed by atoms with E-state index in [1.807, 2.05) is 0 Å². The first-order valence-electron chi connectivity index (χ1n) is 13.1.